The lowest BCUT2D eigenvalue weighted by atomic mass is 9.87. The summed E-state index contributed by atoms with van der Waals surface area (Å²) < 4.78 is 31.9. The third-order valence-corrected chi connectivity index (χ3v) is 6.17. The molecule has 28 heavy (non-hydrogen) atoms. The Labute approximate surface area is 164 Å². The van der Waals surface area contributed by atoms with Gasteiger partial charge in [-0.05, 0) is 37.7 Å². The van der Waals surface area contributed by atoms with Gasteiger partial charge in [-0.1, -0.05) is 0 Å². The summed E-state index contributed by atoms with van der Waals surface area (Å²) >= 11 is 0. The van der Waals surface area contributed by atoms with Crippen molar-refractivity contribution in [1.82, 2.24) is 15.3 Å². The molecule has 0 unspecified atom stereocenters. The van der Waals surface area contributed by atoms with Gasteiger partial charge >= 0.3 is 0 Å². The SMILES string of the molecule is COCCc1nccc(C[C@@H]2[C@@H](CO)[C@H](O)C[C@H]2NC2CCC(F)(F)CC2)n1. The lowest BCUT2D eigenvalue weighted by Gasteiger charge is -2.33. The highest BCUT2D eigenvalue weighted by molar-refractivity contribution is 5.08. The first-order chi connectivity index (χ1) is 13.4. The number of aromatic nitrogens is 2. The molecule has 1 aromatic heterocycles. The number of rotatable bonds is 8. The molecule has 158 valence electrons. The van der Waals surface area contributed by atoms with Crippen LogP contribution in [0.1, 0.15) is 43.6 Å². The standard InChI is InChI=1S/C20H31F2N3O3/c1-28-9-5-19-23-8-4-14(25-19)10-15-16(12-26)18(27)11-17(15)24-13-2-6-20(21,22)7-3-13/h4,8,13,15-18,24,26-27H,2-3,5-7,9-12H2,1H3/t15-,16-,17-,18-/m1/s1. The van der Waals surface area contributed by atoms with Crippen LogP contribution in [0.15, 0.2) is 12.3 Å². The van der Waals surface area contributed by atoms with Crippen LogP contribution in [0.5, 0.6) is 0 Å². The highest BCUT2D eigenvalue weighted by Gasteiger charge is 2.44. The third kappa shape index (κ3) is 5.43. The van der Waals surface area contributed by atoms with Gasteiger partial charge in [-0.25, -0.2) is 18.7 Å². The summed E-state index contributed by atoms with van der Waals surface area (Å²) in [6, 6.07) is 1.86. The summed E-state index contributed by atoms with van der Waals surface area (Å²) in [4.78, 5) is 8.84. The number of methoxy groups -OCH3 is 1. The average molecular weight is 399 g/mol. The summed E-state index contributed by atoms with van der Waals surface area (Å²) in [5, 5.41) is 23.7. The Morgan fingerprint density at radius 2 is 2.04 bits per heavy atom. The van der Waals surface area contributed by atoms with E-state index in [0.29, 0.717) is 44.5 Å². The van der Waals surface area contributed by atoms with E-state index in [4.69, 9.17) is 4.74 Å². The van der Waals surface area contributed by atoms with E-state index in [1.165, 1.54) is 0 Å². The predicted molar refractivity (Wildman–Crippen MR) is 100 cm³/mol. The molecule has 0 spiro atoms. The second-order valence-electron chi connectivity index (χ2n) is 8.13. The maximum atomic E-state index is 13.4. The van der Waals surface area contributed by atoms with Crippen LogP contribution in [0, 0.1) is 11.8 Å². The topological polar surface area (TPSA) is 87.5 Å². The van der Waals surface area contributed by atoms with Crippen LogP contribution >= 0.6 is 0 Å². The van der Waals surface area contributed by atoms with Crippen molar-refractivity contribution >= 4 is 0 Å². The summed E-state index contributed by atoms with van der Waals surface area (Å²) in [7, 11) is 1.63. The number of ether oxygens (including phenoxy) is 1. The summed E-state index contributed by atoms with van der Waals surface area (Å²) in [6.07, 6.45) is 3.54. The van der Waals surface area contributed by atoms with Crippen molar-refractivity contribution in [3.63, 3.8) is 0 Å². The maximum Gasteiger partial charge on any atom is 0.248 e. The number of nitrogens with zero attached hydrogens (tertiary/aromatic N) is 2. The molecule has 0 aliphatic heterocycles. The van der Waals surface area contributed by atoms with Gasteiger partial charge in [0.25, 0.3) is 0 Å². The van der Waals surface area contributed by atoms with E-state index < -0.39 is 12.0 Å². The number of nitrogens with one attached hydrogen (secondary N) is 1. The van der Waals surface area contributed by atoms with E-state index in [1.807, 2.05) is 6.07 Å². The highest BCUT2D eigenvalue weighted by atomic mass is 19.3. The first kappa shape index (κ1) is 21.5. The Bertz CT molecular complexity index is 624. The van der Waals surface area contributed by atoms with Crippen molar-refractivity contribution in [3.05, 3.63) is 23.8 Å². The number of alkyl halides is 2. The van der Waals surface area contributed by atoms with Gasteiger partial charge in [0, 0.05) is 62.9 Å². The quantitative estimate of drug-likeness (QED) is 0.617. The van der Waals surface area contributed by atoms with Crippen LogP contribution in [0.25, 0.3) is 0 Å². The molecule has 3 rings (SSSR count). The van der Waals surface area contributed by atoms with Crippen molar-refractivity contribution in [2.24, 2.45) is 11.8 Å². The maximum absolute atomic E-state index is 13.4. The molecule has 0 saturated heterocycles. The number of hydrogen-bond acceptors (Lipinski definition) is 6. The van der Waals surface area contributed by atoms with E-state index in [9.17, 15) is 19.0 Å². The Kier molecular flexibility index (Phi) is 7.31. The summed E-state index contributed by atoms with van der Waals surface area (Å²) in [5.41, 5.74) is 0.862. The van der Waals surface area contributed by atoms with Crippen LogP contribution in [0.3, 0.4) is 0 Å². The van der Waals surface area contributed by atoms with Gasteiger partial charge in [-0.15, -0.1) is 0 Å². The summed E-state index contributed by atoms with van der Waals surface area (Å²) in [5.74, 6) is -2.11. The van der Waals surface area contributed by atoms with E-state index in [1.54, 1.807) is 13.3 Å². The van der Waals surface area contributed by atoms with Crippen molar-refractivity contribution in [1.29, 1.82) is 0 Å². The minimum atomic E-state index is -2.56. The zero-order valence-corrected chi connectivity index (χ0v) is 16.4. The molecule has 0 radical (unpaired) electrons. The van der Waals surface area contributed by atoms with Crippen LogP contribution in [-0.4, -0.2) is 64.6 Å². The molecule has 0 amide bonds. The van der Waals surface area contributed by atoms with Gasteiger partial charge in [-0.2, -0.15) is 0 Å². The van der Waals surface area contributed by atoms with Gasteiger partial charge in [0.2, 0.25) is 5.92 Å². The van der Waals surface area contributed by atoms with Gasteiger partial charge in [0.05, 0.1) is 12.7 Å². The third-order valence-electron chi connectivity index (χ3n) is 6.17. The predicted octanol–water partition coefficient (Wildman–Crippen LogP) is 1.73. The molecule has 2 fully saturated rings. The minimum Gasteiger partial charge on any atom is -0.396 e. The Morgan fingerprint density at radius 3 is 2.71 bits per heavy atom. The Morgan fingerprint density at radius 1 is 1.29 bits per heavy atom. The van der Waals surface area contributed by atoms with Gasteiger partial charge in [0.1, 0.15) is 5.82 Å². The molecular weight excluding hydrogens is 368 g/mol. The van der Waals surface area contributed by atoms with E-state index >= 15 is 0 Å². The summed E-state index contributed by atoms with van der Waals surface area (Å²) in [6.45, 7) is 0.440. The fraction of sp³-hybridized carbons (Fsp3) is 0.800. The van der Waals surface area contributed by atoms with Crippen LogP contribution in [0.4, 0.5) is 8.78 Å². The van der Waals surface area contributed by atoms with Gasteiger partial charge in [0.15, 0.2) is 0 Å². The molecule has 2 saturated carbocycles. The van der Waals surface area contributed by atoms with E-state index in [-0.39, 0.29) is 43.4 Å². The average Bonchev–Trinajstić information content (AvgIpc) is 2.96. The zero-order valence-electron chi connectivity index (χ0n) is 16.4. The number of aliphatic hydroxyl groups is 2. The Balaban J connectivity index is 1.67. The highest BCUT2D eigenvalue weighted by Crippen LogP contribution is 2.37. The van der Waals surface area contributed by atoms with E-state index in [0.717, 1.165) is 5.69 Å². The molecule has 3 N–H and O–H groups in total. The molecule has 2 aliphatic rings. The molecule has 6 nitrogen and oxygen atoms in total. The fourth-order valence-corrected chi connectivity index (χ4v) is 4.56. The molecule has 0 bridgehead atoms. The second kappa shape index (κ2) is 9.52. The molecule has 1 heterocycles. The van der Waals surface area contributed by atoms with Crippen LogP contribution < -0.4 is 5.32 Å². The molecule has 1 aromatic rings. The molecular formula is C20H31F2N3O3. The van der Waals surface area contributed by atoms with Crippen LogP contribution in [-0.2, 0) is 17.6 Å². The van der Waals surface area contributed by atoms with Gasteiger partial charge in [-0.3, -0.25) is 0 Å². The molecule has 2 aliphatic carbocycles. The smallest absolute Gasteiger partial charge is 0.248 e. The van der Waals surface area contributed by atoms with Crippen molar-refractivity contribution in [2.75, 3.05) is 20.3 Å². The lowest BCUT2D eigenvalue weighted by Crippen LogP contribution is -2.45. The van der Waals surface area contributed by atoms with Crippen molar-refractivity contribution < 1.29 is 23.7 Å². The normalized spacial score (nSPS) is 30.6. The van der Waals surface area contributed by atoms with E-state index in [2.05, 4.69) is 15.3 Å². The number of halogens is 2. The first-order valence-electron chi connectivity index (χ1n) is 10.1. The van der Waals surface area contributed by atoms with Gasteiger partial charge < -0.3 is 20.3 Å². The second-order valence-corrected chi connectivity index (χ2v) is 8.13. The monoisotopic (exact) mass is 399 g/mol. The lowest BCUT2D eigenvalue weighted by molar-refractivity contribution is -0.0417. The van der Waals surface area contributed by atoms with Crippen molar-refractivity contribution in [3.8, 4) is 0 Å². The first-order valence-corrected chi connectivity index (χ1v) is 10.1. The van der Waals surface area contributed by atoms with Crippen LogP contribution in [0.2, 0.25) is 0 Å². The number of aliphatic hydroxyl groups excluding tert-OH is 2. The zero-order chi connectivity index (χ0) is 20.1. The Hall–Kier alpha value is -1.22. The fourth-order valence-electron chi connectivity index (χ4n) is 4.56. The molecule has 8 heteroatoms. The number of hydrogen-bond donors (Lipinski definition) is 3. The molecule has 0 aromatic carbocycles. The largest absolute Gasteiger partial charge is 0.396 e. The van der Waals surface area contributed by atoms with Crippen molar-refractivity contribution in [2.45, 2.75) is 69.1 Å². The minimum absolute atomic E-state index is 0.00684. The molecule has 4 atom stereocenters.